The lowest BCUT2D eigenvalue weighted by Crippen LogP contribution is -2.05. The molecule has 0 amide bonds. The first-order valence-corrected chi connectivity index (χ1v) is 5.86. The van der Waals surface area contributed by atoms with Crippen molar-refractivity contribution in [1.29, 1.82) is 0 Å². The zero-order valence-corrected chi connectivity index (χ0v) is 10.7. The largest absolute Gasteiger partial charge is 0.253 e. The van der Waals surface area contributed by atoms with Crippen molar-refractivity contribution in [3.63, 3.8) is 0 Å². The van der Waals surface area contributed by atoms with Crippen LogP contribution in [0.4, 0.5) is 5.69 Å². The maximum absolute atomic E-state index is 4.64. The Bertz CT molecular complexity index is 402. The summed E-state index contributed by atoms with van der Waals surface area (Å²) in [6, 6.07) is 8.18. The minimum absolute atomic E-state index is 0.507. The van der Waals surface area contributed by atoms with Crippen LogP contribution in [0.5, 0.6) is 0 Å². The highest BCUT2D eigenvalue weighted by Gasteiger charge is 2.07. The van der Waals surface area contributed by atoms with E-state index < -0.39 is 0 Å². The second-order valence-electron chi connectivity index (χ2n) is 4.32. The maximum atomic E-state index is 4.64. The van der Waals surface area contributed by atoms with E-state index in [1.54, 1.807) is 0 Å². The summed E-state index contributed by atoms with van der Waals surface area (Å²) in [4.78, 5) is 4.64. The number of nitrogens with zero attached hydrogens (tertiary/aromatic N) is 1. The molecule has 1 atom stereocenters. The fourth-order valence-electron chi connectivity index (χ4n) is 1.54. The SMILES string of the molecule is C=C(/C(C)=N\c1ccccc1C)C(C)CC. The van der Waals surface area contributed by atoms with Crippen LogP contribution in [-0.2, 0) is 0 Å². The number of hydrogen-bond acceptors (Lipinski definition) is 1. The van der Waals surface area contributed by atoms with E-state index in [4.69, 9.17) is 0 Å². The van der Waals surface area contributed by atoms with E-state index in [1.165, 1.54) is 5.56 Å². The van der Waals surface area contributed by atoms with Crippen molar-refractivity contribution < 1.29 is 0 Å². The van der Waals surface area contributed by atoms with Crippen LogP contribution >= 0.6 is 0 Å². The van der Waals surface area contributed by atoms with Crippen molar-refractivity contribution in [2.75, 3.05) is 0 Å². The lowest BCUT2D eigenvalue weighted by molar-refractivity contribution is 0.680. The first kappa shape index (κ1) is 12.7. The zero-order chi connectivity index (χ0) is 12.1. The van der Waals surface area contributed by atoms with Gasteiger partial charge >= 0.3 is 0 Å². The molecule has 0 aliphatic heterocycles. The summed E-state index contributed by atoms with van der Waals surface area (Å²) in [5.74, 6) is 0.507. The third-order valence-corrected chi connectivity index (χ3v) is 3.08. The van der Waals surface area contributed by atoms with Crippen molar-refractivity contribution in [3.05, 3.63) is 42.0 Å². The van der Waals surface area contributed by atoms with Gasteiger partial charge in [-0.3, -0.25) is 4.99 Å². The molecule has 1 unspecified atom stereocenters. The molecule has 86 valence electrons. The monoisotopic (exact) mass is 215 g/mol. The minimum Gasteiger partial charge on any atom is -0.253 e. The lowest BCUT2D eigenvalue weighted by atomic mass is 9.96. The van der Waals surface area contributed by atoms with Crippen molar-refractivity contribution in [2.45, 2.75) is 34.1 Å². The molecular formula is C15H21N. The Hall–Kier alpha value is -1.37. The normalized spacial score (nSPS) is 13.6. The van der Waals surface area contributed by atoms with Crippen LogP contribution in [-0.4, -0.2) is 5.71 Å². The number of aryl methyl sites for hydroxylation is 1. The van der Waals surface area contributed by atoms with Crippen LogP contribution in [0.2, 0.25) is 0 Å². The lowest BCUT2D eigenvalue weighted by Gasteiger charge is -2.12. The van der Waals surface area contributed by atoms with Crippen molar-refractivity contribution in [1.82, 2.24) is 0 Å². The van der Waals surface area contributed by atoms with Gasteiger partial charge in [0.15, 0.2) is 0 Å². The number of hydrogen-bond donors (Lipinski definition) is 0. The van der Waals surface area contributed by atoms with E-state index in [0.717, 1.165) is 23.4 Å². The minimum atomic E-state index is 0.507. The molecule has 1 aromatic rings. The van der Waals surface area contributed by atoms with Gasteiger partial charge in [-0.2, -0.15) is 0 Å². The second kappa shape index (κ2) is 5.64. The molecule has 0 heterocycles. The maximum Gasteiger partial charge on any atom is 0.0662 e. The van der Waals surface area contributed by atoms with Gasteiger partial charge < -0.3 is 0 Å². The van der Waals surface area contributed by atoms with Gasteiger partial charge in [-0.05, 0) is 43.4 Å². The summed E-state index contributed by atoms with van der Waals surface area (Å²) in [6.07, 6.45) is 1.11. The summed E-state index contributed by atoms with van der Waals surface area (Å²) in [5, 5.41) is 0. The molecule has 0 spiro atoms. The van der Waals surface area contributed by atoms with Gasteiger partial charge in [0.1, 0.15) is 0 Å². The van der Waals surface area contributed by atoms with Crippen LogP contribution in [0.15, 0.2) is 41.4 Å². The number of aliphatic imine (C=N–C) groups is 1. The zero-order valence-electron chi connectivity index (χ0n) is 10.7. The van der Waals surface area contributed by atoms with Gasteiger partial charge in [0.05, 0.1) is 5.69 Å². The molecule has 0 saturated heterocycles. The van der Waals surface area contributed by atoms with Gasteiger partial charge in [0, 0.05) is 5.71 Å². The Morgan fingerprint density at radius 2 is 2.00 bits per heavy atom. The summed E-state index contributed by atoms with van der Waals surface area (Å²) in [5.41, 5.74) is 4.44. The summed E-state index contributed by atoms with van der Waals surface area (Å²) >= 11 is 0. The second-order valence-corrected chi connectivity index (χ2v) is 4.32. The van der Waals surface area contributed by atoms with Crippen LogP contribution in [0.25, 0.3) is 0 Å². The van der Waals surface area contributed by atoms with Crippen molar-refractivity contribution >= 4 is 11.4 Å². The van der Waals surface area contributed by atoms with E-state index in [2.05, 4.69) is 38.4 Å². The quantitative estimate of drug-likeness (QED) is 0.646. The molecule has 0 fully saturated rings. The van der Waals surface area contributed by atoms with Gasteiger partial charge in [0.25, 0.3) is 0 Å². The standard InChI is InChI=1S/C15H21N/c1-6-11(2)13(4)14(5)16-15-10-8-7-9-12(15)3/h7-11H,4,6H2,1-3,5H3/b16-14-. The van der Waals surface area contributed by atoms with Gasteiger partial charge in [0.2, 0.25) is 0 Å². The summed E-state index contributed by atoms with van der Waals surface area (Å²) in [6.45, 7) is 12.6. The molecular weight excluding hydrogens is 194 g/mol. The summed E-state index contributed by atoms with van der Waals surface area (Å²) < 4.78 is 0. The molecule has 0 radical (unpaired) electrons. The van der Waals surface area contributed by atoms with E-state index in [0.29, 0.717) is 5.92 Å². The molecule has 0 N–H and O–H groups in total. The number of para-hydroxylation sites is 1. The Kier molecular flexibility index (Phi) is 4.48. The van der Waals surface area contributed by atoms with Gasteiger partial charge in [-0.25, -0.2) is 0 Å². The van der Waals surface area contributed by atoms with Crippen LogP contribution < -0.4 is 0 Å². The summed E-state index contributed by atoms with van der Waals surface area (Å²) in [7, 11) is 0. The average molecular weight is 215 g/mol. The smallest absolute Gasteiger partial charge is 0.0662 e. The Morgan fingerprint density at radius 3 is 2.56 bits per heavy atom. The predicted molar refractivity (Wildman–Crippen MR) is 72.5 cm³/mol. The Labute approximate surface area is 98.9 Å². The van der Waals surface area contributed by atoms with E-state index >= 15 is 0 Å². The number of rotatable bonds is 4. The van der Waals surface area contributed by atoms with Crippen LogP contribution in [0, 0.1) is 12.8 Å². The third-order valence-electron chi connectivity index (χ3n) is 3.08. The fourth-order valence-corrected chi connectivity index (χ4v) is 1.54. The third kappa shape index (κ3) is 3.06. The molecule has 0 aliphatic rings. The molecule has 0 saturated carbocycles. The molecule has 0 aromatic heterocycles. The van der Waals surface area contributed by atoms with Crippen LogP contribution in [0.3, 0.4) is 0 Å². The van der Waals surface area contributed by atoms with Gasteiger partial charge in [-0.15, -0.1) is 0 Å². The molecule has 0 bridgehead atoms. The highest BCUT2D eigenvalue weighted by atomic mass is 14.7. The van der Waals surface area contributed by atoms with Crippen molar-refractivity contribution in [2.24, 2.45) is 10.9 Å². The topological polar surface area (TPSA) is 12.4 Å². The highest BCUT2D eigenvalue weighted by Crippen LogP contribution is 2.21. The molecule has 1 nitrogen and oxygen atoms in total. The highest BCUT2D eigenvalue weighted by molar-refractivity contribution is 5.99. The van der Waals surface area contributed by atoms with E-state index in [9.17, 15) is 0 Å². The number of allylic oxidation sites excluding steroid dienone is 1. The molecule has 0 aliphatic carbocycles. The fraction of sp³-hybridized carbons (Fsp3) is 0.400. The van der Waals surface area contributed by atoms with E-state index in [-0.39, 0.29) is 0 Å². The number of benzene rings is 1. The Balaban J connectivity index is 2.93. The predicted octanol–water partition coefficient (Wildman–Crippen LogP) is 4.69. The Morgan fingerprint density at radius 1 is 1.38 bits per heavy atom. The molecule has 1 rings (SSSR count). The van der Waals surface area contributed by atoms with Gasteiger partial charge in [-0.1, -0.05) is 38.6 Å². The van der Waals surface area contributed by atoms with E-state index in [1.807, 2.05) is 25.1 Å². The average Bonchev–Trinajstić information content (AvgIpc) is 2.30. The van der Waals surface area contributed by atoms with Crippen molar-refractivity contribution in [3.8, 4) is 0 Å². The molecule has 16 heavy (non-hydrogen) atoms. The first-order valence-electron chi connectivity index (χ1n) is 5.86. The first-order chi connectivity index (χ1) is 7.56. The van der Waals surface area contributed by atoms with Crippen LogP contribution in [0.1, 0.15) is 32.8 Å². The molecule has 1 aromatic carbocycles. The molecule has 1 heteroatoms.